The Kier molecular flexibility index (Phi) is 6.92. The quantitative estimate of drug-likeness (QED) is 0.798. The van der Waals surface area contributed by atoms with E-state index in [1.807, 2.05) is 12.1 Å². The molecule has 3 rings (SSSR count). The third-order valence-electron chi connectivity index (χ3n) is 4.60. The monoisotopic (exact) mass is 408 g/mol. The summed E-state index contributed by atoms with van der Waals surface area (Å²) in [5.41, 5.74) is 2.62. The Hall–Kier alpha value is -2.81. The molecule has 9 heteroatoms. The average Bonchev–Trinajstić information content (AvgIpc) is 2.73. The van der Waals surface area contributed by atoms with E-state index in [0.717, 1.165) is 24.3 Å². The van der Waals surface area contributed by atoms with Gasteiger partial charge in [-0.25, -0.2) is 4.79 Å². The summed E-state index contributed by atoms with van der Waals surface area (Å²) in [5.74, 6) is 0. The minimum absolute atomic E-state index is 0.103. The van der Waals surface area contributed by atoms with Crippen LogP contribution in [0.25, 0.3) is 0 Å². The Labute approximate surface area is 167 Å². The second-order valence-electron chi connectivity index (χ2n) is 6.76. The molecule has 1 saturated heterocycles. The molecule has 0 bridgehead atoms. The number of alkyl halides is 3. The van der Waals surface area contributed by atoms with Gasteiger partial charge in [-0.15, -0.1) is 0 Å². The fraction of sp³-hybridized carbons (Fsp3) is 0.400. The third kappa shape index (κ3) is 6.63. The molecule has 1 aliphatic rings. The van der Waals surface area contributed by atoms with E-state index >= 15 is 0 Å². The molecule has 29 heavy (non-hydrogen) atoms. The van der Waals surface area contributed by atoms with Gasteiger partial charge < -0.3 is 19.9 Å². The van der Waals surface area contributed by atoms with Crippen molar-refractivity contribution in [2.75, 3.05) is 37.7 Å². The standard InChI is InChI=1S/C20H23F3N4O2/c21-20(22,23)15-29-14-17-3-1-16(2-4-17)13-25-19(28)27-11-9-26(10-12-27)18-5-7-24-8-6-18/h1-8H,9-15H2,(H,25,28). The van der Waals surface area contributed by atoms with Crippen molar-refractivity contribution in [2.24, 2.45) is 0 Å². The summed E-state index contributed by atoms with van der Waals surface area (Å²) >= 11 is 0. The van der Waals surface area contributed by atoms with Gasteiger partial charge in [-0.3, -0.25) is 4.98 Å². The number of hydrogen-bond donors (Lipinski definition) is 1. The predicted octanol–water partition coefficient (Wildman–Crippen LogP) is 3.19. The maximum absolute atomic E-state index is 12.4. The Bertz CT molecular complexity index is 777. The molecule has 6 nitrogen and oxygen atoms in total. The molecule has 2 heterocycles. The molecule has 0 radical (unpaired) electrons. The van der Waals surface area contributed by atoms with Gasteiger partial charge in [0.1, 0.15) is 6.61 Å². The number of ether oxygens (including phenoxy) is 1. The lowest BCUT2D eigenvalue weighted by Crippen LogP contribution is -2.51. The number of urea groups is 1. The highest BCUT2D eigenvalue weighted by Crippen LogP contribution is 2.16. The lowest BCUT2D eigenvalue weighted by atomic mass is 10.1. The van der Waals surface area contributed by atoms with E-state index in [1.54, 1.807) is 41.6 Å². The first-order valence-electron chi connectivity index (χ1n) is 9.31. The number of aromatic nitrogens is 1. The maximum Gasteiger partial charge on any atom is 0.411 e. The molecule has 0 aliphatic carbocycles. The van der Waals surface area contributed by atoms with Crippen LogP contribution in [0.1, 0.15) is 11.1 Å². The van der Waals surface area contributed by atoms with E-state index < -0.39 is 12.8 Å². The third-order valence-corrected chi connectivity index (χ3v) is 4.60. The number of piperazine rings is 1. The van der Waals surface area contributed by atoms with Crippen molar-refractivity contribution in [3.63, 3.8) is 0 Å². The topological polar surface area (TPSA) is 57.7 Å². The van der Waals surface area contributed by atoms with E-state index in [0.29, 0.717) is 25.2 Å². The number of halogens is 3. The summed E-state index contributed by atoms with van der Waals surface area (Å²) in [5, 5.41) is 2.88. The second-order valence-corrected chi connectivity index (χ2v) is 6.76. The van der Waals surface area contributed by atoms with Crippen LogP contribution in [0.2, 0.25) is 0 Å². The highest BCUT2D eigenvalue weighted by atomic mass is 19.4. The molecule has 0 atom stereocenters. The van der Waals surface area contributed by atoms with E-state index in [-0.39, 0.29) is 12.6 Å². The maximum atomic E-state index is 12.4. The smallest absolute Gasteiger partial charge is 0.368 e. The minimum Gasteiger partial charge on any atom is -0.368 e. The fourth-order valence-electron chi connectivity index (χ4n) is 3.05. The summed E-state index contributed by atoms with van der Waals surface area (Å²) in [4.78, 5) is 20.4. The molecule has 1 N–H and O–H groups in total. The Morgan fingerprint density at radius 3 is 2.24 bits per heavy atom. The van der Waals surface area contributed by atoms with Crippen molar-refractivity contribution in [3.05, 3.63) is 59.9 Å². The molecule has 1 aliphatic heterocycles. The zero-order valence-corrected chi connectivity index (χ0v) is 15.9. The van der Waals surface area contributed by atoms with Gasteiger partial charge in [-0.1, -0.05) is 24.3 Å². The van der Waals surface area contributed by atoms with Crippen LogP contribution in [0.15, 0.2) is 48.8 Å². The number of benzene rings is 1. The van der Waals surface area contributed by atoms with Crippen molar-refractivity contribution >= 4 is 11.7 Å². The number of rotatable bonds is 6. The van der Waals surface area contributed by atoms with Crippen LogP contribution >= 0.6 is 0 Å². The molecule has 2 amide bonds. The van der Waals surface area contributed by atoms with Crippen LogP contribution in [-0.2, 0) is 17.9 Å². The number of hydrogen-bond acceptors (Lipinski definition) is 4. The summed E-state index contributed by atoms with van der Waals surface area (Å²) in [7, 11) is 0. The van der Waals surface area contributed by atoms with Gasteiger partial charge in [0.05, 0.1) is 6.61 Å². The lowest BCUT2D eigenvalue weighted by molar-refractivity contribution is -0.176. The van der Waals surface area contributed by atoms with Crippen molar-refractivity contribution in [1.82, 2.24) is 15.2 Å². The fourth-order valence-corrected chi connectivity index (χ4v) is 3.05. The molecular formula is C20H23F3N4O2. The van der Waals surface area contributed by atoms with Crippen molar-refractivity contribution in [3.8, 4) is 0 Å². The average molecular weight is 408 g/mol. The predicted molar refractivity (Wildman–Crippen MR) is 102 cm³/mol. The summed E-state index contributed by atoms with van der Waals surface area (Å²) in [6.07, 6.45) is -0.821. The zero-order chi connectivity index (χ0) is 20.7. The molecule has 0 spiro atoms. The number of nitrogens with zero attached hydrogens (tertiary/aromatic N) is 3. The Balaban J connectivity index is 1.39. The second kappa shape index (κ2) is 9.60. The number of carbonyl (C=O) groups is 1. The lowest BCUT2D eigenvalue weighted by Gasteiger charge is -2.36. The van der Waals surface area contributed by atoms with Crippen LogP contribution in [0, 0.1) is 0 Å². The summed E-state index contributed by atoms with van der Waals surface area (Å²) < 4.78 is 40.9. The van der Waals surface area contributed by atoms with E-state index in [9.17, 15) is 18.0 Å². The molecule has 1 aromatic carbocycles. The molecule has 0 unspecified atom stereocenters. The van der Waals surface area contributed by atoms with Gasteiger partial charge in [-0.2, -0.15) is 13.2 Å². The Morgan fingerprint density at radius 2 is 1.62 bits per heavy atom. The van der Waals surface area contributed by atoms with Gasteiger partial charge in [0.25, 0.3) is 0 Å². The van der Waals surface area contributed by atoms with E-state index in [4.69, 9.17) is 0 Å². The summed E-state index contributed by atoms with van der Waals surface area (Å²) in [6.45, 7) is 1.75. The number of anilines is 1. The Morgan fingerprint density at radius 1 is 1.00 bits per heavy atom. The number of pyridine rings is 1. The highest BCUT2D eigenvalue weighted by molar-refractivity contribution is 5.74. The normalized spacial score (nSPS) is 14.7. The molecule has 1 fully saturated rings. The van der Waals surface area contributed by atoms with Crippen LogP contribution in [0.4, 0.5) is 23.7 Å². The van der Waals surface area contributed by atoms with Crippen molar-refractivity contribution in [1.29, 1.82) is 0 Å². The van der Waals surface area contributed by atoms with Gasteiger partial charge in [0.2, 0.25) is 0 Å². The first kappa shape index (κ1) is 20.9. The molecule has 1 aromatic heterocycles. The molecule has 2 aromatic rings. The summed E-state index contributed by atoms with van der Waals surface area (Å²) in [6, 6.07) is 10.7. The van der Waals surface area contributed by atoms with Gasteiger partial charge in [0.15, 0.2) is 0 Å². The van der Waals surface area contributed by atoms with E-state index in [2.05, 4.69) is 19.9 Å². The molecule has 156 valence electrons. The van der Waals surface area contributed by atoms with Crippen molar-refractivity contribution < 1.29 is 22.7 Å². The SMILES string of the molecule is O=C(NCc1ccc(COCC(F)(F)F)cc1)N1CCN(c2ccncc2)CC1. The van der Waals surface area contributed by atoms with Gasteiger partial charge in [0, 0.05) is 50.8 Å². The van der Waals surface area contributed by atoms with E-state index in [1.165, 1.54) is 0 Å². The molecule has 0 saturated carbocycles. The van der Waals surface area contributed by atoms with Crippen LogP contribution < -0.4 is 10.2 Å². The number of nitrogens with one attached hydrogen (secondary N) is 1. The van der Waals surface area contributed by atoms with Crippen LogP contribution in [0.5, 0.6) is 0 Å². The highest BCUT2D eigenvalue weighted by Gasteiger charge is 2.27. The first-order valence-corrected chi connectivity index (χ1v) is 9.31. The number of carbonyl (C=O) groups excluding carboxylic acids is 1. The number of amides is 2. The minimum atomic E-state index is -4.33. The van der Waals surface area contributed by atoms with Crippen LogP contribution in [0.3, 0.4) is 0 Å². The zero-order valence-electron chi connectivity index (χ0n) is 15.9. The van der Waals surface area contributed by atoms with Crippen molar-refractivity contribution in [2.45, 2.75) is 19.3 Å². The molecular weight excluding hydrogens is 385 g/mol. The van der Waals surface area contributed by atoms with Gasteiger partial charge in [-0.05, 0) is 23.3 Å². The van der Waals surface area contributed by atoms with Crippen LogP contribution in [-0.4, -0.2) is 54.9 Å². The first-order chi connectivity index (χ1) is 13.9. The van der Waals surface area contributed by atoms with Gasteiger partial charge >= 0.3 is 12.2 Å². The largest absolute Gasteiger partial charge is 0.411 e.